The number of aromatic nitrogens is 1. The summed E-state index contributed by atoms with van der Waals surface area (Å²) >= 11 is 1.34. The maximum absolute atomic E-state index is 13.8. The first-order valence-electron chi connectivity index (χ1n) is 12.3. The fraction of sp³-hybridized carbons (Fsp3) is 0.345. The number of rotatable bonds is 8. The van der Waals surface area contributed by atoms with Crippen LogP contribution in [0, 0.1) is 0 Å². The molecule has 0 fully saturated rings. The molecule has 0 spiro atoms. The zero-order valence-electron chi connectivity index (χ0n) is 21.4. The van der Waals surface area contributed by atoms with Crippen molar-refractivity contribution in [3.05, 3.63) is 96.2 Å². The van der Waals surface area contributed by atoms with Crippen LogP contribution in [0.25, 0.3) is 6.08 Å². The number of nitrogens with zero attached hydrogens (tertiary/aromatic N) is 2. The van der Waals surface area contributed by atoms with Crippen LogP contribution in [-0.2, 0) is 9.53 Å². The minimum absolute atomic E-state index is 0.195. The van der Waals surface area contributed by atoms with E-state index in [1.807, 2.05) is 49.4 Å². The van der Waals surface area contributed by atoms with Gasteiger partial charge in [-0.1, -0.05) is 81.0 Å². The first-order valence-corrected chi connectivity index (χ1v) is 13.2. The van der Waals surface area contributed by atoms with Crippen LogP contribution in [0.2, 0.25) is 0 Å². The Bertz CT molecular complexity index is 1460. The van der Waals surface area contributed by atoms with Crippen molar-refractivity contribution in [2.24, 2.45) is 4.99 Å². The molecule has 7 heteroatoms. The standard InChI is InChI=1S/C29H32N2O4S/c1-6-10-22-25(28(33)35-7-2)26(21-11-8-9-12-23(21)34-5)31-27(32)24(36-29(31)30-22)17-19-13-15-20(16-14-19)18(3)4/h8-9,11-18,26H,6-7,10H2,1-5H3/b24-17-. The lowest BCUT2D eigenvalue weighted by Gasteiger charge is -2.26. The number of hydrogen-bond donors (Lipinski definition) is 0. The van der Waals surface area contributed by atoms with Crippen LogP contribution in [0.1, 0.15) is 69.2 Å². The number of methoxy groups -OCH3 is 1. The molecular formula is C29H32N2O4S. The normalized spacial score (nSPS) is 15.6. The number of hydrogen-bond acceptors (Lipinski definition) is 6. The van der Waals surface area contributed by atoms with Crippen LogP contribution in [0.3, 0.4) is 0 Å². The Morgan fingerprint density at radius 2 is 1.86 bits per heavy atom. The number of carbonyl (C=O) groups excluding carboxylic acids is 1. The molecule has 1 unspecified atom stereocenters. The summed E-state index contributed by atoms with van der Waals surface area (Å²) in [6.07, 6.45) is 3.29. The van der Waals surface area contributed by atoms with Gasteiger partial charge in [0.15, 0.2) is 4.80 Å². The minimum Gasteiger partial charge on any atom is -0.496 e. The van der Waals surface area contributed by atoms with Crippen LogP contribution >= 0.6 is 11.3 Å². The summed E-state index contributed by atoms with van der Waals surface area (Å²) in [5.74, 6) is 0.573. The topological polar surface area (TPSA) is 69.9 Å². The average Bonchev–Trinajstić information content (AvgIpc) is 3.18. The second-order valence-electron chi connectivity index (χ2n) is 8.98. The van der Waals surface area contributed by atoms with Gasteiger partial charge in [0.25, 0.3) is 5.56 Å². The lowest BCUT2D eigenvalue weighted by Crippen LogP contribution is -2.40. The van der Waals surface area contributed by atoms with Gasteiger partial charge in [0.2, 0.25) is 0 Å². The summed E-state index contributed by atoms with van der Waals surface area (Å²) in [7, 11) is 1.59. The van der Waals surface area contributed by atoms with E-state index in [0.29, 0.717) is 38.7 Å². The summed E-state index contributed by atoms with van der Waals surface area (Å²) in [5.41, 5.74) is 3.76. The van der Waals surface area contributed by atoms with E-state index in [9.17, 15) is 9.59 Å². The smallest absolute Gasteiger partial charge is 0.338 e. The van der Waals surface area contributed by atoms with E-state index < -0.39 is 12.0 Å². The Kier molecular flexibility index (Phi) is 7.89. The van der Waals surface area contributed by atoms with Gasteiger partial charge in [-0.3, -0.25) is 9.36 Å². The highest BCUT2D eigenvalue weighted by Gasteiger charge is 2.35. The quantitative estimate of drug-likeness (QED) is 0.417. The molecule has 0 bridgehead atoms. The third-order valence-corrected chi connectivity index (χ3v) is 7.21. The predicted molar refractivity (Wildman–Crippen MR) is 143 cm³/mol. The van der Waals surface area contributed by atoms with Crippen molar-refractivity contribution in [2.75, 3.05) is 13.7 Å². The van der Waals surface area contributed by atoms with Crippen molar-refractivity contribution < 1.29 is 14.3 Å². The third-order valence-electron chi connectivity index (χ3n) is 6.23. The molecule has 188 valence electrons. The van der Waals surface area contributed by atoms with E-state index in [-0.39, 0.29) is 12.2 Å². The molecule has 0 saturated heterocycles. The number of allylic oxidation sites excluding steroid dienone is 1. The summed E-state index contributed by atoms with van der Waals surface area (Å²) in [6, 6.07) is 15.0. The Morgan fingerprint density at radius 1 is 1.14 bits per heavy atom. The molecule has 36 heavy (non-hydrogen) atoms. The van der Waals surface area contributed by atoms with Crippen LogP contribution in [0.5, 0.6) is 5.75 Å². The number of fused-ring (bicyclic) bond motifs is 1. The molecule has 0 aliphatic carbocycles. The fourth-order valence-corrected chi connectivity index (χ4v) is 5.46. The molecule has 1 aromatic heterocycles. The highest BCUT2D eigenvalue weighted by molar-refractivity contribution is 7.07. The molecule has 4 rings (SSSR count). The van der Waals surface area contributed by atoms with Gasteiger partial charge < -0.3 is 9.47 Å². The monoisotopic (exact) mass is 504 g/mol. The first kappa shape index (κ1) is 25.6. The highest BCUT2D eigenvalue weighted by Crippen LogP contribution is 2.36. The first-order chi connectivity index (χ1) is 17.4. The minimum atomic E-state index is -0.691. The van der Waals surface area contributed by atoms with E-state index in [2.05, 4.69) is 26.0 Å². The summed E-state index contributed by atoms with van der Waals surface area (Å²) < 4.78 is 13.3. The molecule has 2 heterocycles. The van der Waals surface area contributed by atoms with Gasteiger partial charge in [-0.05, 0) is 42.5 Å². The predicted octanol–water partition coefficient (Wildman–Crippen LogP) is 4.71. The molecule has 0 N–H and O–H groups in total. The molecule has 6 nitrogen and oxygen atoms in total. The van der Waals surface area contributed by atoms with Crippen molar-refractivity contribution in [3.63, 3.8) is 0 Å². The van der Waals surface area contributed by atoms with Gasteiger partial charge in [0.05, 0.1) is 29.5 Å². The molecular weight excluding hydrogens is 472 g/mol. The van der Waals surface area contributed by atoms with E-state index >= 15 is 0 Å². The van der Waals surface area contributed by atoms with Gasteiger partial charge in [0.1, 0.15) is 11.8 Å². The average molecular weight is 505 g/mol. The molecule has 0 radical (unpaired) electrons. The zero-order chi connectivity index (χ0) is 25.8. The second-order valence-corrected chi connectivity index (χ2v) is 9.99. The molecule has 3 aromatic rings. The number of ether oxygens (including phenoxy) is 2. The van der Waals surface area contributed by atoms with Crippen molar-refractivity contribution in [1.29, 1.82) is 0 Å². The zero-order valence-corrected chi connectivity index (χ0v) is 22.2. The Labute approximate surface area is 215 Å². The maximum Gasteiger partial charge on any atom is 0.338 e. The molecule has 0 amide bonds. The van der Waals surface area contributed by atoms with E-state index in [0.717, 1.165) is 17.5 Å². The van der Waals surface area contributed by atoms with Gasteiger partial charge >= 0.3 is 5.97 Å². The van der Waals surface area contributed by atoms with Gasteiger partial charge in [0, 0.05) is 5.56 Å². The molecule has 1 aliphatic heterocycles. The highest BCUT2D eigenvalue weighted by atomic mass is 32.1. The van der Waals surface area contributed by atoms with Gasteiger partial charge in [-0.15, -0.1) is 0 Å². The molecule has 0 saturated carbocycles. The van der Waals surface area contributed by atoms with Crippen molar-refractivity contribution in [1.82, 2.24) is 4.57 Å². The van der Waals surface area contributed by atoms with Crippen molar-refractivity contribution in [3.8, 4) is 5.75 Å². The summed E-state index contributed by atoms with van der Waals surface area (Å²) in [5, 5.41) is 0. The Hall–Kier alpha value is -3.45. The van der Waals surface area contributed by atoms with Crippen molar-refractivity contribution >= 4 is 23.4 Å². The Balaban J connectivity index is 1.97. The van der Waals surface area contributed by atoms with E-state index in [1.165, 1.54) is 16.9 Å². The number of thiazole rings is 1. The number of para-hydroxylation sites is 1. The third kappa shape index (κ3) is 4.93. The number of benzene rings is 2. The van der Waals surface area contributed by atoms with Gasteiger partial charge in [-0.2, -0.15) is 0 Å². The molecule has 1 atom stereocenters. The molecule has 1 aliphatic rings. The lowest BCUT2D eigenvalue weighted by molar-refractivity contribution is -0.139. The van der Waals surface area contributed by atoms with Crippen LogP contribution in [0.15, 0.2) is 69.6 Å². The largest absolute Gasteiger partial charge is 0.496 e. The fourth-order valence-electron chi connectivity index (χ4n) is 4.44. The van der Waals surface area contributed by atoms with E-state index in [4.69, 9.17) is 14.5 Å². The number of carbonyl (C=O) groups is 1. The number of esters is 1. The van der Waals surface area contributed by atoms with Gasteiger partial charge in [-0.25, -0.2) is 9.79 Å². The van der Waals surface area contributed by atoms with E-state index in [1.54, 1.807) is 18.6 Å². The second kappa shape index (κ2) is 11.1. The SMILES string of the molecule is CCCC1=C(C(=O)OCC)C(c2ccccc2OC)n2c(s/c(=C\c3ccc(C(C)C)cc3)c2=O)=N1. The molecule has 2 aromatic carbocycles. The van der Waals surface area contributed by atoms with Crippen LogP contribution in [0.4, 0.5) is 0 Å². The maximum atomic E-state index is 13.8. The Morgan fingerprint density at radius 3 is 2.50 bits per heavy atom. The summed E-state index contributed by atoms with van der Waals surface area (Å²) in [6.45, 7) is 8.35. The lowest BCUT2D eigenvalue weighted by atomic mass is 9.93. The van der Waals surface area contributed by atoms with Crippen LogP contribution in [-0.4, -0.2) is 24.3 Å². The van der Waals surface area contributed by atoms with Crippen LogP contribution < -0.4 is 19.6 Å². The van der Waals surface area contributed by atoms with Crippen molar-refractivity contribution in [2.45, 2.75) is 52.5 Å². The summed E-state index contributed by atoms with van der Waals surface area (Å²) in [4.78, 5) is 32.5.